The van der Waals surface area contributed by atoms with Crippen LogP contribution < -0.4 is 0 Å². The fourth-order valence-electron chi connectivity index (χ4n) is 2.18. The lowest BCUT2D eigenvalue weighted by molar-refractivity contribution is 0.0265. The van der Waals surface area contributed by atoms with Crippen molar-refractivity contribution in [3.63, 3.8) is 0 Å². The second-order valence-electron chi connectivity index (χ2n) is 5.59. The number of aromatic nitrogens is 2. The molecule has 0 amide bonds. The number of esters is 1. The molecule has 0 saturated carbocycles. The lowest BCUT2D eigenvalue weighted by Gasteiger charge is -2.10. The van der Waals surface area contributed by atoms with Crippen molar-refractivity contribution in [3.8, 4) is 11.4 Å². The molecule has 0 N–H and O–H groups in total. The summed E-state index contributed by atoms with van der Waals surface area (Å²) in [5.41, 5.74) is 0.944. The third kappa shape index (κ3) is 3.72. The van der Waals surface area contributed by atoms with Gasteiger partial charge in [-0.05, 0) is 43.7 Å². The van der Waals surface area contributed by atoms with Crippen LogP contribution in [0.3, 0.4) is 0 Å². The SMILES string of the molecule is Cc1ccc(-c2noc(C(C)OC(=O)c3ccc(F)cc3Cl)n2)cc1F. The summed E-state index contributed by atoms with van der Waals surface area (Å²) in [5, 5.41) is 3.70. The Morgan fingerprint density at radius 2 is 2.00 bits per heavy atom. The molecule has 3 aromatic rings. The topological polar surface area (TPSA) is 65.2 Å². The Morgan fingerprint density at radius 1 is 1.23 bits per heavy atom. The molecule has 0 saturated heterocycles. The van der Waals surface area contributed by atoms with Crippen molar-refractivity contribution >= 4 is 17.6 Å². The molecule has 2 aromatic carbocycles. The lowest BCUT2D eigenvalue weighted by Crippen LogP contribution is -2.10. The van der Waals surface area contributed by atoms with Crippen LogP contribution in [0.4, 0.5) is 8.78 Å². The quantitative estimate of drug-likeness (QED) is 0.604. The van der Waals surface area contributed by atoms with Crippen LogP contribution in [0.2, 0.25) is 5.02 Å². The highest BCUT2D eigenvalue weighted by Gasteiger charge is 2.22. The smallest absolute Gasteiger partial charge is 0.340 e. The molecular weight excluding hydrogens is 366 g/mol. The fraction of sp³-hybridized carbons (Fsp3) is 0.167. The highest BCUT2D eigenvalue weighted by Crippen LogP contribution is 2.25. The summed E-state index contributed by atoms with van der Waals surface area (Å²) in [4.78, 5) is 16.3. The van der Waals surface area contributed by atoms with Crippen molar-refractivity contribution in [1.29, 1.82) is 0 Å². The van der Waals surface area contributed by atoms with Gasteiger partial charge in [-0.2, -0.15) is 4.98 Å². The van der Waals surface area contributed by atoms with Gasteiger partial charge in [-0.3, -0.25) is 0 Å². The predicted octanol–water partition coefficient (Wildman–Crippen LogP) is 4.89. The Balaban J connectivity index is 1.76. The summed E-state index contributed by atoms with van der Waals surface area (Å²) < 4.78 is 37.0. The monoisotopic (exact) mass is 378 g/mol. The zero-order valence-electron chi connectivity index (χ0n) is 13.8. The van der Waals surface area contributed by atoms with Gasteiger partial charge < -0.3 is 9.26 Å². The maximum absolute atomic E-state index is 13.7. The van der Waals surface area contributed by atoms with Gasteiger partial charge in [0.15, 0.2) is 6.10 Å². The van der Waals surface area contributed by atoms with Gasteiger partial charge in [0.2, 0.25) is 5.82 Å². The van der Waals surface area contributed by atoms with E-state index in [4.69, 9.17) is 20.9 Å². The molecule has 1 heterocycles. The Bertz CT molecular complexity index is 975. The van der Waals surface area contributed by atoms with E-state index in [1.165, 1.54) is 19.1 Å². The highest BCUT2D eigenvalue weighted by atomic mass is 35.5. The van der Waals surface area contributed by atoms with Crippen LogP contribution in [0.1, 0.15) is 34.8 Å². The zero-order chi connectivity index (χ0) is 18.8. The number of nitrogens with zero attached hydrogens (tertiary/aromatic N) is 2. The molecule has 0 aliphatic rings. The molecule has 0 aliphatic carbocycles. The van der Waals surface area contributed by atoms with Crippen molar-refractivity contribution in [2.45, 2.75) is 20.0 Å². The minimum Gasteiger partial charge on any atom is -0.449 e. The normalized spacial score (nSPS) is 12.0. The summed E-state index contributed by atoms with van der Waals surface area (Å²) in [6.45, 7) is 3.17. The van der Waals surface area contributed by atoms with E-state index >= 15 is 0 Å². The third-order valence-electron chi connectivity index (χ3n) is 3.65. The first-order valence-electron chi connectivity index (χ1n) is 7.61. The Morgan fingerprint density at radius 3 is 2.69 bits per heavy atom. The molecule has 0 spiro atoms. The summed E-state index contributed by atoms with van der Waals surface area (Å²) >= 11 is 5.84. The fourth-order valence-corrected chi connectivity index (χ4v) is 2.42. The number of hydrogen-bond acceptors (Lipinski definition) is 5. The van der Waals surface area contributed by atoms with Crippen LogP contribution >= 0.6 is 11.6 Å². The molecule has 3 rings (SSSR count). The van der Waals surface area contributed by atoms with Gasteiger partial charge in [0.1, 0.15) is 11.6 Å². The van der Waals surface area contributed by atoms with E-state index in [1.807, 2.05) is 0 Å². The third-order valence-corrected chi connectivity index (χ3v) is 3.97. The maximum atomic E-state index is 13.7. The molecule has 134 valence electrons. The second-order valence-corrected chi connectivity index (χ2v) is 6.00. The molecule has 1 unspecified atom stereocenters. The molecule has 8 heteroatoms. The lowest BCUT2D eigenvalue weighted by atomic mass is 10.1. The summed E-state index contributed by atoms with van der Waals surface area (Å²) in [5.74, 6) is -1.51. The van der Waals surface area contributed by atoms with Crippen molar-refractivity contribution in [3.05, 3.63) is 70.1 Å². The molecule has 0 bridgehead atoms. The van der Waals surface area contributed by atoms with Gasteiger partial charge in [0.25, 0.3) is 5.89 Å². The number of halogens is 3. The van der Waals surface area contributed by atoms with Gasteiger partial charge in [0, 0.05) is 5.56 Å². The van der Waals surface area contributed by atoms with Gasteiger partial charge in [-0.15, -0.1) is 0 Å². The van der Waals surface area contributed by atoms with E-state index < -0.39 is 17.9 Å². The largest absolute Gasteiger partial charge is 0.449 e. The Hall–Kier alpha value is -2.80. The van der Waals surface area contributed by atoms with Gasteiger partial charge in [0.05, 0.1) is 10.6 Å². The Kier molecular flexibility index (Phi) is 4.99. The molecule has 0 aliphatic heterocycles. The van der Waals surface area contributed by atoms with Crippen LogP contribution in [0, 0.1) is 18.6 Å². The van der Waals surface area contributed by atoms with Crippen molar-refractivity contribution in [2.75, 3.05) is 0 Å². The molecule has 0 fully saturated rings. The second kappa shape index (κ2) is 7.21. The first-order chi connectivity index (χ1) is 12.3. The summed E-state index contributed by atoms with van der Waals surface area (Å²) in [6.07, 6.45) is -0.875. The van der Waals surface area contributed by atoms with E-state index in [2.05, 4.69) is 10.1 Å². The number of carbonyl (C=O) groups is 1. The number of hydrogen-bond donors (Lipinski definition) is 0. The van der Waals surface area contributed by atoms with Gasteiger partial charge >= 0.3 is 5.97 Å². The van der Waals surface area contributed by atoms with Crippen LogP contribution in [0.5, 0.6) is 0 Å². The van der Waals surface area contributed by atoms with Gasteiger partial charge in [-0.1, -0.05) is 28.9 Å². The molecule has 0 radical (unpaired) electrons. The molecule has 26 heavy (non-hydrogen) atoms. The minimum atomic E-state index is -0.875. The standard InChI is InChI=1S/C18H13ClF2N2O3/c1-9-3-4-11(7-15(9)21)16-22-17(26-23-16)10(2)25-18(24)13-6-5-12(20)8-14(13)19/h3-8,10H,1-2H3. The van der Waals surface area contributed by atoms with Gasteiger partial charge in [-0.25, -0.2) is 13.6 Å². The van der Waals surface area contributed by atoms with E-state index in [-0.39, 0.29) is 28.1 Å². The van der Waals surface area contributed by atoms with Crippen LogP contribution in [-0.2, 0) is 4.74 Å². The maximum Gasteiger partial charge on any atom is 0.340 e. The number of rotatable bonds is 4. The zero-order valence-corrected chi connectivity index (χ0v) is 14.6. The van der Waals surface area contributed by atoms with E-state index in [1.54, 1.807) is 19.1 Å². The van der Waals surface area contributed by atoms with Crippen LogP contribution in [-0.4, -0.2) is 16.1 Å². The minimum absolute atomic E-state index is 0.0141. The van der Waals surface area contributed by atoms with Crippen molar-refractivity contribution in [1.82, 2.24) is 10.1 Å². The van der Waals surface area contributed by atoms with E-state index in [0.717, 1.165) is 12.1 Å². The number of benzene rings is 2. The summed E-state index contributed by atoms with van der Waals surface area (Å²) in [7, 11) is 0. The molecular formula is C18H13ClF2N2O3. The number of aryl methyl sites for hydroxylation is 1. The highest BCUT2D eigenvalue weighted by molar-refractivity contribution is 6.33. The Labute approximate surface area is 152 Å². The van der Waals surface area contributed by atoms with E-state index in [9.17, 15) is 13.6 Å². The van der Waals surface area contributed by atoms with Crippen molar-refractivity contribution in [2.24, 2.45) is 0 Å². The van der Waals surface area contributed by atoms with Crippen LogP contribution in [0.25, 0.3) is 11.4 Å². The number of ether oxygens (including phenoxy) is 1. The number of carbonyl (C=O) groups excluding carboxylic acids is 1. The first-order valence-corrected chi connectivity index (χ1v) is 7.99. The van der Waals surface area contributed by atoms with Crippen molar-refractivity contribution < 1.29 is 22.8 Å². The molecule has 1 atom stereocenters. The van der Waals surface area contributed by atoms with E-state index in [0.29, 0.717) is 11.1 Å². The predicted molar refractivity (Wildman–Crippen MR) is 89.7 cm³/mol. The van der Waals surface area contributed by atoms with Crippen LogP contribution in [0.15, 0.2) is 40.9 Å². The molecule has 5 nitrogen and oxygen atoms in total. The average Bonchev–Trinajstić information content (AvgIpc) is 3.07. The average molecular weight is 379 g/mol. The molecule has 1 aromatic heterocycles. The first kappa shape index (κ1) is 18.0. The summed E-state index contributed by atoms with van der Waals surface area (Å²) in [6, 6.07) is 7.88.